The molecule has 1 aromatic heterocycles. The van der Waals surface area contributed by atoms with Gasteiger partial charge >= 0.3 is 0 Å². The van der Waals surface area contributed by atoms with Gasteiger partial charge in [-0.05, 0) is 24.5 Å². The van der Waals surface area contributed by atoms with Crippen LogP contribution in [0.3, 0.4) is 0 Å². The van der Waals surface area contributed by atoms with Crippen molar-refractivity contribution in [2.45, 2.75) is 25.8 Å². The number of aromatic nitrogens is 2. The van der Waals surface area contributed by atoms with E-state index in [-0.39, 0.29) is 18.3 Å². The van der Waals surface area contributed by atoms with Gasteiger partial charge in [0, 0.05) is 37.2 Å². The van der Waals surface area contributed by atoms with Gasteiger partial charge in [0.1, 0.15) is 18.1 Å². The van der Waals surface area contributed by atoms with Crippen molar-refractivity contribution in [2.75, 3.05) is 6.67 Å². The topological polar surface area (TPSA) is 65.4 Å². The minimum Gasteiger partial charge on any atom is -0.347 e. The normalized spacial score (nSPS) is 18.9. The van der Waals surface area contributed by atoms with E-state index < -0.39 is 6.43 Å². The maximum Gasteiger partial charge on any atom is 0.280 e. The molecule has 0 aromatic carbocycles. The Labute approximate surface area is 143 Å². The van der Waals surface area contributed by atoms with Crippen LogP contribution in [0.5, 0.6) is 0 Å². The smallest absolute Gasteiger partial charge is 0.280 e. The van der Waals surface area contributed by atoms with Crippen LogP contribution in [0.4, 0.5) is 8.78 Å². The van der Waals surface area contributed by atoms with Gasteiger partial charge in [0.15, 0.2) is 0 Å². The molecule has 9 heteroatoms. The van der Waals surface area contributed by atoms with Crippen molar-refractivity contribution in [1.82, 2.24) is 30.4 Å². The van der Waals surface area contributed by atoms with Gasteiger partial charge in [-0.25, -0.2) is 8.78 Å². The number of nitrogens with zero attached hydrogens (tertiary/aromatic N) is 4. The molecule has 1 saturated carbocycles. The summed E-state index contributed by atoms with van der Waals surface area (Å²) in [6, 6.07) is 0. The van der Waals surface area contributed by atoms with E-state index in [0.717, 1.165) is 29.7 Å². The number of hydrazine groups is 1. The van der Waals surface area contributed by atoms with Crippen LogP contribution in [0, 0.1) is 0 Å². The summed E-state index contributed by atoms with van der Waals surface area (Å²) in [5, 5.41) is 8.26. The van der Waals surface area contributed by atoms with E-state index in [4.69, 9.17) is 0 Å². The van der Waals surface area contributed by atoms with Crippen LogP contribution < -0.4 is 10.7 Å². The molecule has 1 amide bonds. The van der Waals surface area contributed by atoms with E-state index in [1.165, 1.54) is 17.3 Å². The Hall–Kier alpha value is -2.84. The summed E-state index contributed by atoms with van der Waals surface area (Å²) in [7, 11) is 1.81. The van der Waals surface area contributed by atoms with Crippen LogP contribution in [0.15, 0.2) is 47.3 Å². The highest BCUT2D eigenvalue weighted by Gasteiger charge is 2.36. The largest absolute Gasteiger partial charge is 0.347 e. The van der Waals surface area contributed by atoms with Crippen molar-refractivity contribution in [3.8, 4) is 0 Å². The van der Waals surface area contributed by atoms with E-state index in [9.17, 15) is 13.6 Å². The Morgan fingerprint density at radius 1 is 1.44 bits per heavy atom. The van der Waals surface area contributed by atoms with Crippen molar-refractivity contribution >= 4 is 5.91 Å². The molecule has 132 valence electrons. The zero-order valence-electron chi connectivity index (χ0n) is 13.7. The van der Waals surface area contributed by atoms with Crippen LogP contribution in [0.2, 0.25) is 0 Å². The second-order valence-corrected chi connectivity index (χ2v) is 6.22. The summed E-state index contributed by atoms with van der Waals surface area (Å²) in [4.78, 5) is 14.4. The first-order chi connectivity index (χ1) is 12.0. The van der Waals surface area contributed by atoms with Crippen LogP contribution in [0.1, 0.15) is 18.4 Å². The molecule has 25 heavy (non-hydrogen) atoms. The van der Waals surface area contributed by atoms with Gasteiger partial charge in [0.05, 0.1) is 6.20 Å². The second kappa shape index (κ2) is 5.91. The van der Waals surface area contributed by atoms with Gasteiger partial charge < -0.3 is 15.6 Å². The molecular formula is C16H18F2N6O. The Morgan fingerprint density at radius 2 is 2.24 bits per heavy atom. The van der Waals surface area contributed by atoms with Crippen LogP contribution in [0.25, 0.3) is 0 Å². The number of allylic oxidation sites excluding steroid dienone is 3. The fourth-order valence-electron chi connectivity index (χ4n) is 2.95. The number of alkyl halides is 2. The summed E-state index contributed by atoms with van der Waals surface area (Å²) >= 11 is 0. The molecule has 3 aliphatic rings. The molecule has 2 aliphatic heterocycles. The summed E-state index contributed by atoms with van der Waals surface area (Å²) in [5.74, 6) is -0.261. The Morgan fingerprint density at radius 3 is 2.88 bits per heavy atom. The molecule has 0 spiro atoms. The van der Waals surface area contributed by atoms with E-state index in [0.29, 0.717) is 12.2 Å². The molecule has 1 fully saturated rings. The number of amides is 1. The summed E-state index contributed by atoms with van der Waals surface area (Å²) < 4.78 is 28.1. The van der Waals surface area contributed by atoms with Crippen LogP contribution >= 0.6 is 0 Å². The van der Waals surface area contributed by atoms with Crippen molar-refractivity contribution in [3.05, 3.63) is 52.9 Å². The lowest BCUT2D eigenvalue weighted by Crippen LogP contribution is -2.53. The number of halogens is 2. The molecule has 4 rings (SSSR count). The van der Waals surface area contributed by atoms with Gasteiger partial charge in [-0.1, -0.05) is 0 Å². The molecule has 0 radical (unpaired) electrons. The molecule has 2 N–H and O–H groups in total. The first-order valence-corrected chi connectivity index (χ1v) is 8.02. The molecule has 0 saturated heterocycles. The third-order valence-electron chi connectivity index (χ3n) is 4.35. The fourth-order valence-corrected chi connectivity index (χ4v) is 2.95. The number of aryl methyl sites for hydroxylation is 1. The third-order valence-corrected chi connectivity index (χ3v) is 4.35. The van der Waals surface area contributed by atoms with Crippen LogP contribution in [-0.2, 0) is 18.4 Å². The number of hydrogen-bond acceptors (Lipinski definition) is 5. The maximum atomic E-state index is 13.2. The molecule has 0 atom stereocenters. The molecule has 1 aliphatic carbocycles. The Balaban J connectivity index is 1.53. The number of nitrogens with one attached hydrogen (secondary N) is 2. The SMILES string of the molecule is Cn1cc(CNC(=O)C2=CNN3CN2C(=C2CC2)C=C3C(F)F)cn1. The van der Waals surface area contributed by atoms with E-state index in [1.807, 2.05) is 13.2 Å². The summed E-state index contributed by atoms with van der Waals surface area (Å²) in [6.45, 7) is 0.534. The lowest BCUT2D eigenvalue weighted by molar-refractivity contribution is -0.119. The zero-order chi connectivity index (χ0) is 17.6. The maximum absolute atomic E-state index is 13.2. The first kappa shape index (κ1) is 15.7. The second-order valence-electron chi connectivity index (χ2n) is 6.22. The highest BCUT2D eigenvalue weighted by molar-refractivity contribution is 5.93. The number of fused-ring (bicyclic) bond motifs is 2. The average Bonchev–Trinajstić information content (AvgIpc) is 3.34. The zero-order valence-corrected chi connectivity index (χ0v) is 13.7. The van der Waals surface area contributed by atoms with Crippen LogP contribution in [-0.4, -0.2) is 38.7 Å². The Kier molecular flexibility index (Phi) is 3.70. The van der Waals surface area contributed by atoms with Gasteiger partial charge in [-0.15, -0.1) is 0 Å². The van der Waals surface area contributed by atoms with Crippen molar-refractivity contribution in [3.63, 3.8) is 0 Å². The predicted molar refractivity (Wildman–Crippen MR) is 85.2 cm³/mol. The lowest BCUT2D eigenvalue weighted by Gasteiger charge is -2.43. The Bertz CT molecular complexity index is 803. The fraction of sp³-hybridized carbons (Fsp3) is 0.375. The van der Waals surface area contributed by atoms with Gasteiger partial charge in [-0.3, -0.25) is 14.5 Å². The molecule has 0 unspecified atom stereocenters. The first-order valence-electron chi connectivity index (χ1n) is 8.02. The van der Waals surface area contributed by atoms with E-state index in [2.05, 4.69) is 15.8 Å². The van der Waals surface area contributed by atoms with E-state index in [1.54, 1.807) is 15.8 Å². The average molecular weight is 348 g/mol. The molecule has 7 nitrogen and oxygen atoms in total. The minimum absolute atomic E-state index is 0.0725. The number of rotatable bonds is 4. The third kappa shape index (κ3) is 2.97. The number of carbonyl (C=O) groups excluding carboxylic acids is 1. The summed E-state index contributed by atoms with van der Waals surface area (Å²) in [6.07, 6.45) is 5.66. The molecule has 3 heterocycles. The van der Waals surface area contributed by atoms with Gasteiger partial charge in [0.25, 0.3) is 12.3 Å². The molecule has 1 aromatic rings. The minimum atomic E-state index is -2.57. The monoisotopic (exact) mass is 348 g/mol. The summed E-state index contributed by atoms with van der Waals surface area (Å²) in [5.41, 5.74) is 5.83. The van der Waals surface area contributed by atoms with Crippen molar-refractivity contribution < 1.29 is 13.6 Å². The standard InChI is InChI=1S/C16H18F2N6O/c1-22-8-10(6-20-22)5-19-16(25)14-7-21-24-9-23(14)12(11-2-3-11)4-13(24)15(17)18/h4,6-8,15,21H,2-3,5,9H2,1H3,(H,19,25). The number of hydrogen-bond donors (Lipinski definition) is 2. The van der Waals surface area contributed by atoms with Crippen molar-refractivity contribution in [2.24, 2.45) is 7.05 Å². The molecule has 2 bridgehead atoms. The highest BCUT2D eigenvalue weighted by Crippen LogP contribution is 2.39. The predicted octanol–water partition coefficient (Wildman–Crippen LogP) is 1.17. The van der Waals surface area contributed by atoms with Gasteiger partial charge in [-0.2, -0.15) is 5.10 Å². The molecular weight excluding hydrogens is 330 g/mol. The highest BCUT2D eigenvalue weighted by atomic mass is 19.3. The van der Waals surface area contributed by atoms with Crippen molar-refractivity contribution in [1.29, 1.82) is 0 Å². The lowest BCUT2D eigenvalue weighted by atomic mass is 10.2. The van der Waals surface area contributed by atoms with Gasteiger partial charge in [0.2, 0.25) is 0 Å². The number of carbonyl (C=O) groups is 1. The quantitative estimate of drug-likeness (QED) is 0.855. The van der Waals surface area contributed by atoms with E-state index >= 15 is 0 Å².